The van der Waals surface area contributed by atoms with Crippen molar-refractivity contribution in [1.29, 1.82) is 0 Å². The Morgan fingerprint density at radius 3 is 2.29 bits per heavy atom. The molecule has 0 aromatic rings. The molecule has 0 bridgehead atoms. The molecule has 2 N–H and O–H groups in total. The lowest BCUT2D eigenvalue weighted by atomic mass is 10.0. The van der Waals surface area contributed by atoms with E-state index in [0.717, 1.165) is 12.8 Å². The van der Waals surface area contributed by atoms with Gasteiger partial charge in [-0.3, -0.25) is 4.79 Å². The molecular weight excluding hydrogens is 212 g/mol. The molecule has 0 saturated carbocycles. The summed E-state index contributed by atoms with van der Waals surface area (Å²) in [5, 5.41) is 6.41. The van der Waals surface area contributed by atoms with E-state index in [1.54, 1.807) is 0 Å². The van der Waals surface area contributed by atoms with Gasteiger partial charge in [-0.05, 0) is 40.5 Å². The SMILES string of the molecule is CCCCC(C)NC(C)C(=O)NC(C)(C)CC. The van der Waals surface area contributed by atoms with Crippen molar-refractivity contribution in [2.45, 2.75) is 84.8 Å². The summed E-state index contributed by atoms with van der Waals surface area (Å²) in [5.41, 5.74) is -0.111. The second kappa shape index (κ2) is 7.70. The van der Waals surface area contributed by atoms with Gasteiger partial charge in [0, 0.05) is 11.6 Å². The van der Waals surface area contributed by atoms with Crippen molar-refractivity contribution >= 4 is 5.91 Å². The molecular formula is C14H30N2O. The first-order chi connectivity index (χ1) is 7.82. The predicted molar refractivity (Wildman–Crippen MR) is 74.1 cm³/mol. The molecule has 0 heterocycles. The Morgan fingerprint density at radius 1 is 1.24 bits per heavy atom. The van der Waals surface area contributed by atoms with E-state index in [2.05, 4.69) is 45.3 Å². The molecule has 1 amide bonds. The van der Waals surface area contributed by atoms with Gasteiger partial charge in [-0.2, -0.15) is 0 Å². The smallest absolute Gasteiger partial charge is 0.237 e. The molecule has 17 heavy (non-hydrogen) atoms. The van der Waals surface area contributed by atoms with Gasteiger partial charge in [-0.15, -0.1) is 0 Å². The Labute approximate surface area is 107 Å². The number of hydrogen-bond acceptors (Lipinski definition) is 2. The van der Waals surface area contributed by atoms with E-state index in [9.17, 15) is 4.79 Å². The largest absolute Gasteiger partial charge is 0.350 e. The normalized spacial score (nSPS) is 15.4. The van der Waals surface area contributed by atoms with E-state index in [-0.39, 0.29) is 17.5 Å². The summed E-state index contributed by atoms with van der Waals surface area (Å²) in [7, 11) is 0. The quantitative estimate of drug-likeness (QED) is 0.687. The van der Waals surface area contributed by atoms with Crippen LogP contribution in [0.4, 0.5) is 0 Å². The molecule has 0 fully saturated rings. The molecule has 3 nitrogen and oxygen atoms in total. The van der Waals surface area contributed by atoms with Gasteiger partial charge >= 0.3 is 0 Å². The zero-order valence-corrected chi connectivity index (χ0v) is 12.4. The maximum Gasteiger partial charge on any atom is 0.237 e. The third kappa shape index (κ3) is 7.37. The zero-order valence-electron chi connectivity index (χ0n) is 12.4. The highest BCUT2D eigenvalue weighted by molar-refractivity contribution is 5.82. The Kier molecular flexibility index (Phi) is 7.44. The Hall–Kier alpha value is -0.570. The van der Waals surface area contributed by atoms with Gasteiger partial charge in [0.25, 0.3) is 0 Å². The highest BCUT2D eigenvalue weighted by Gasteiger charge is 2.22. The highest BCUT2D eigenvalue weighted by Crippen LogP contribution is 2.07. The zero-order chi connectivity index (χ0) is 13.5. The molecule has 0 aliphatic rings. The van der Waals surface area contributed by atoms with E-state index in [4.69, 9.17) is 0 Å². The van der Waals surface area contributed by atoms with Crippen LogP contribution in [-0.2, 0) is 4.79 Å². The van der Waals surface area contributed by atoms with Crippen molar-refractivity contribution in [3.05, 3.63) is 0 Å². The van der Waals surface area contributed by atoms with E-state index in [1.807, 2.05) is 6.92 Å². The number of nitrogens with one attached hydrogen (secondary N) is 2. The Bertz CT molecular complexity index is 226. The molecule has 0 aliphatic carbocycles. The lowest BCUT2D eigenvalue weighted by molar-refractivity contribution is -0.124. The molecule has 0 aliphatic heterocycles. The van der Waals surface area contributed by atoms with E-state index < -0.39 is 0 Å². The third-order valence-corrected chi connectivity index (χ3v) is 3.26. The molecule has 2 atom stereocenters. The first-order valence-corrected chi connectivity index (χ1v) is 6.90. The summed E-state index contributed by atoms with van der Waals surface area (Å²) in [5.74, 6) is 0.0974. The molecule has 0 spiro atoms. The Balaban J connectivity index is 4.05. The minimum atomic E-state index is -0.118. The molecule has 0 saturated heterocycles. The second-order valence-electron chi connectivity index (χ2n) is 5.66. The fraction of sp³-hybridized carbons (Fsp3) is 0.929. The molecule has 0 aromatic carbocycles. The van der Waals surface area contributed by atoms with Crippen LogP contribution in [0.1, 0.15) is 67.2 Å². The average Bonchev–Trinajstić information content (AvgIpc) is 2.25. The van der Waals surface area contributed by atoms with Crippen LogP contribution in [0.3, 0.4) is 0 Å². The van der Waals surface area contributed by atoms with Crippen molar-refractivity contribution in [2.24, 2.45) is 0 Å². The summed E-state index contributed by atoms with van der Waals surface area (Å²) >= 11 is 0. The van der Waals surface area contributed by atoms with Gasteiger partial charge in [0.2, 0.25) is 5.91 Å². The van der Waals surface area contributed by atoms with Crippen molar-refractivity contribution in [3.8, 4) is 0 Å². The topological polar surface area (TPSA) is 41.1 Å². The lowest BCUT2D eigenvalue weighted by Gasteiger charge is -2.28. The standard InChI is InChI=1S/C14H30N2O/c1-7-9-10-11(3)15-12(4)13(17)16-14(5,6)8-2/h11-12,15H,7-10H2,1-6H3,(H,16,17). The third-order valence-electron chi connectivity index (χ3n) is 3.26. The predicted octanol–water partition coefficient (Wildman–Crippen LogP) is 2.85. The minimum absolute atomic E-state index is 0.0974. The van der Waals surface area contributed by atoms with Gasteiger partial charge < -0.3 is 10.6 Å². The lowest BCUT2D eigenvalue weighted by Crippen LogP contribution is -2.52. The minimum Gasteiger partial charge on any atom is -0.350 e. The van der Waals surface area contributed by atoms with Crippen LogP contribution < -0.4 is 10.6 Å². The van der Waals surface area contributed by atoms with Gasteiger partial charge in [0.05, 0.1) is 6.04 Å². The van der Waals surface area contributed by atoms with E-state index in [1.165, 1.54) is 12.8 Å². The van der Waals surface area contributed by atoms with Crippen LogP contribution in [0.5, 0.6) is 0 Å². The van der Waals surface area contributed by atoms with Crippen LogP contribution in [0.25, 0.3) is 0 Å². The summed E-state index contributed by atoms with van der Waals surface area (Å²) in [6.45, 7) is 12.5. The van der Waals surface area contributed by atoms with Crippen molar-refractivity contribution in [1.82, 2.24) is 10.6 Å². The summed E-state index contributed by atoms with van der Waals surface area (Å²) < 4.78 is 0. The monoisotopic (exact) mass is 242 g/mol. The van der Waals surface area contributed by atoms with Crippen molar-refractivity contribution in [3.63, 3.8) is 0 Å². The fourth-order valence-corrected chi connectivity index (χ4v) is 1.63. The van der Waals surface area contributed by atoms with Crippen LogP contribution in [0.2, 0.25) is 0 Å². The van der Waals surface area contributed by atoms with Crippen LogP contribution in [0, 0.1) is 0 Å². The summed E-state index contributed by atoms with van der Waals surface area (Å²) in [4.78, 5) is 12.0. The number of carbonyl (C=O) groups is 1. The van der Waals surface area contributed by atoms with Gasteiger partial charge in [0.15, 0.2) is 0 Å². The average molecular weight is 242 g/mol. The van der Waals surface area contributed by atoms with Crippen LogP contribution >= 0.6 is 0 Å². The van der Waals surface area contributed by atoms with E-state index in [0.29, 0.717) is 6.04 Å². The highest BCUT2D eigenvalue weighted by atomic mass is 16.2. The summed E-state index contributed by atoms with van der Waals surface area (Å²) in [6, 6.07) is 0.285. The number of carbonyl (C=O) groups excluding carboxylic acids is 1. The Morgan fingerprint density at radius 2 is 1.82 bits per heavy atom. The number of amides is 1. The van der Waals surface area contributed by atoms with Crippen LogP contribution in [0.15, 0.2) is 0 Å². The first-order valence-electron chi connectivity index (χ1n) is 6.90. The van der Waals surface area contributed by atoms with Gasteiger partial charge in [0.1, 0.15) is 0 Å². The molecule has 2 unspecified atom stereocenters. The first kappa shape index (κ1) is 16.4. The summed E-state index contributed by atoms with van der Waals surface area (Å²) in [6.07, 6.45) is 4.49. The number of unbranched alkanes of at least 4 members (excludes halogenated alkanes) is 1. The van der Waals surface area contributed by atoms with E-state index >= 15 is 0 Å². The molecule has 102 valence electrons. The maximum atomic E-state index is 12.0. The molecule has 0 aromatic heterocycles. The maximum absolute atomic E-state index is 12.0. The van der Waals surface area contributed by atoms with Crippen LogP contribution in [-0.4, -0.2) is 23.5 Å². The molecule has 3 heteroatoms. The molecule has 0 rings (SSSR count). The molecule has 0 radical (unpaired) electrons. The van der Waals surface area contributed by atoms with Crippen molar-refractivity contribution in [2.75, 3.05) is 0 Å². The van der Waals surface area contributed by atoms with Gasteiger partial charge in [-0.1, -0.05) is 26.7 Å². The van der Waals surface area contributed by atoms with Crippen molar-refractivity contribution < 1.29 is 4.79 Å². The number of hydrogen-bond donors (Lipinski definition) is 2. The van der Waals surface area contributed by atoms with Gasteiger partial charge in [-0.25, -0.2) is 0 Å². The fourth-order valence-electron chi connectivity index (χ4n) is 1.63. The second-order valence-corrected chi connectivity index (χ2v) is 5.66. The number of rotatable bonds is 8.